The molecule has 1 saturated heterocycles. The number of morpholine rings is 1. The van der Waals surface area contributed by atoms with E-state index in [9.17, 15) is 18.3 Å². The molecule has 1 fully saturated rings. The van der Waals surface area contributed by atoms with Gasteiger partial charge in [0.15, 0.2) is 0 Å². The van der Waals surface area contributed by atoms with Gasteiger partial charge in [-0.2, -0.15) is 13.2 Å². The maximum atomic E-state index is 12.7. The zero-order valence-electron chi connectivity index (χ0n) is 12.2. The molecule has 0 radical (unpaired) electrons. The van der Waals surface area contributed by atoms with Gasteiger partial charge < -0.3 is 9.84 Å². The lowest BCUT2D eigenvalue weighted by atomic mass is 9.96. The van der Waals surface area contributed by atoms with Crippen LogP contribution in [0.2, 0.25) is 0 Å². The standard InChI is InChI=1S/C15H20F3NO2/c1-3-19-6-7-21-13(9-19)14(20)12-5-4-11(8-10(12)2)15(16,17)18/h4-5,8,13-14,20H,3,6-7,9H2,1-2H3. The first-order chi connectivity index (χ1) is 9.82. The van der Waals surface area contributed by atoms with E-state index in [2.05, 4.69) is 4.90 Å². The predicted octanol–water partition coefficient (Wildman–Crippen LogP) is 2.77. The first kappa shape index (κ1) is 16.3. The number of hydrogen-bond acceptors (Lipinski definition) is 3. The van der Waals surface area contributed by atoms with Crippen LogP contribution in [0.3, 0.4) is 0 Å². The van der Waals surface area contributed by atoms with Crippen molar-refractivity contribution in [3.63, 3.8) is 0 Å². The number of alkyl halides is 3. The molecule has 1 heterocycles. The lowest BCUT2D eigenvalue weighted by molar-refractivity contribution is -0.137. The van der Waals surface area contributed by atoms with Gasteiger partial charge in [-0.15, -0.1) is 0 Å². The average Bonchev–Trinajstić information content (AvgIpc) is 2.45. The Bertz CT molecular complexity index is 490. The number of nitrogens with zero attached hydrogens (tertiary/aromatic N) is 1. The molecule has 1 aromatic carbocycles. The molecule has 0 saturated carbocycles. The normalized spacial score (nSPS) is 22.3. The lowest BCUT2D eigenvalue weighted by Crippen LogP contribution is -2.44. The first-order valence-corrected chi connectivity index (χ1v) is 7.02. The topological polar surface area (TPSA) is 32.7 Å². The number of aliphatic hydroxyl groups excluding tert-OH is 1. The Hall–Kier alpha value is -1.11. The molecule has 0 aromatic heterocycles. The monoisotopic (exact) mass is 303 g/mol. The first-order valence-electron chi connectivity index (χ1n) is 7.02. The van der Waals surface area contributed by atoms with Crippen molar-refractivity contribution < 1.29 is 23.0 Å². The largest absolute Gasteiger partial charge is 0.416 e. The fourth-order valence-electron chi connectivity index (χ4n) is 2.59. The van der Waals surface area contributed by atoms with Gasteiger partial charge >= 0.3 is 6.18 Å². The summed E-state index contributed by atoms with van der Waals surface area (Å²) in [5, 5.41) is 10.4. The number of aliphatic hydroxyl groups is 1. The molecule has 6 heteroatoms. The van der Waals surface area contributed by atoms with Crippen LogP contribution in [0, 0.1) is 6.92 Å². The molecule has 1 aromatic rings. The smallest absolute Gasteiger partial charge is 0.386 e. The summed E-state index contributed by atoms with van der Waals surface area (Å²) >= 11 is 0. The minimum absolute atomic E-state index is 0.408. The van der Waals surface area contributed by atoms with Crippen molar-refractivity contribution in [2.75, 3.05) is 26.2 Å². The van der Waals surface area contributed by atoms with Crippen LogP contribution in [-0.4, -0.2) is 42.4 Å². The highest BCUT2D eigenvalue weighted by atomic mass is 19.4. The van der Waals surface area contributed by atoms with Crippen LogP contribution in [0.1, 0.15) is 29.7 Å². The Kier molecular flexibility index (Phi) is 4.91. The molecule has 1 aliphatic heterocycles. The maximum Gasteiger partial charge on any atom is 0.416 e. The number of aryl methyl sites for hydroxylation is 1. The molecule has 0 amide bonds. The van der Waals surface area contributed by atoms with E-state index in [1.807, 2.05) is 6.92 Å². The Morgan fingerprint density at radius 2 is 2.14 bits per heavy atom. The van der Waals surface area contributed by atoms with Gasteiger partial charge in [-0.3, -0.25) is 4.90 Å². The summed E-state index contributed by atoms with van der Waals surface area (Å²) in [4.78, 5) is 2.15. The molecule has 2 unspecified atom stereocenters. The zero-order valence-corrected chi connectivity index (χ0v) is 12.2. The second kappa shape index (κ2) is 6.34. The summed E-state index contributed by atoms with van der Waals surface area (Å²) in [5.41, 5.74) is 0.219. The van der Waals surface area contributed by atoms with E-state index in [1.54, 1.807) is 6.92 Å². The van der Waals surface area contributed by atoms with Crippen LogP contribution in [0.5, 0.6) is 0 Å². The molecule has 0 aliphatic carbocycles. The van der Waals surface area contributed by atoms with E-state index in [0.717, 1.165) is 25.2 Å². The van der Waals surface area contributed by atoms with Crippen LogP contribution in [0.15, 0.2) is 18.2 Å². The Morgan fingerprint density at radius 1 is 1.43 bits per heavy atom. The average molecular weight is 303 g/mol. The van der Waals surface area contributed by atoms with Gasteiger partial charge in [-0.25, -0.2) is 0 Å². The van der Waals surface area contributed by atoms with E-state index in [0.29, 0.717) is 24.3 Å². The molecule has 118 valence electrons. The van der Waals surface area contributed by atoms with Gasteiger partial charge in [0, 0.05) is 13.1 Å². The highest BCUT2D eigenvalue weighted by Crippen LogP contribution is 2.33. The lowest BCUT2D eigenvalue weighted by Gasteiger charge is -2.35. The fraction of sp³-hybridized carbons (Fsp3) is 0.600. The minimum Gasteiger partial charge on any atom is -0.386 e. The molecule has 2 atom stereocenters. The molecule has 3 nitrogen and oxygen atoms in total. The second-order valence-corrected chi connectivity index (χ2v) is 5.32. The van der Waals surface area contributed by atoms with Gasteiger partial charge in [0.2, 0.25) is 0 Å². The van der Waals surface area contributed by atoms with Crippen molar-refractivity contribution in [2.45, 2.75) is 32.2 Å². The third kappa shape index (κ3) is 3.75. The van der Waals surface area contributed by atoms with Crippen molar-refractivity contribution in [2.24, 2.45) is 0 Å². The van der Waals surface area contributed by atoms with Gasteiger partial charge in [-0.1, -0.05) is 13.0 Å². The molecule has 21 heavy (non-hydrogen) atoms. The van der Waals surface area contributed by atoms with E-state index < -0.39 is 23.9 Å². The highest BCUT2D eigenvalue weighted by Gasteiger charge is 2.32. The predicted molar refractivity (Wildman–Crippen MR) is 73.0 cm³/mol. The molecule has 0 bridgehead atoms. The molecular weight excluding hydrogens is 283 g/mol. The van der Waals surface area contributed by atoms with E-state index in [-0.39, 0.29) is 0 Å². The summed E-state index contributed by atoms with van der Waals surface area (Å²) in [5.74, 6) is 0. The maximum absolute atomic E-state index is 12.7. The van der Waals surface area contributed by atoms with E-state index >= 15 is 0 Å². The summed E-state index contributed by atoms with van der Waals surface area (Å²) < 4.78 is 43.5. The van der Waals surface area contributed by atoms with Gasteiger partial charge in [0.1, 0.15) is 12.2 Å². The van der Waals surface area contributed by atoms with Crippen LogP contribution < -0.4 is 0 Å². The molecule has 0 spiro atoms. The van der Waals surface area contributed by atoms with Crippen molar-refractivity contribution in [3.8, 4) is 0 Å². The fourth-order valence-corrected chi connectivity index (χ4v) is 2.59. The third-order valence-corrected chi connectivity index (χ3v) is 3.89. The number of likely N-dealkylation sites (N-methyl/N-ethyl adjacent to an activating group) is 1. The van der Waals surface area contributed by atoms with Crippen LogP contribution in [0.25, 0.3) is 0 Å². The van der Waals surface area contributed by atoms with E-state index in [1.165, 1.54) is 6.07 Å². The minimum atomic E-state index is -4.37. The van der Waals surface area contributed by atoms with Gasteiger partial charge in [0.25, 0.3) is 0 Å². The zero-order chi connectivity index (χ0) is 15.6. The van der Waals surface area contributed by atoms with E-state index in [4.69, 9.17) is 4.74 Å². The summed E-state index contributed by atoms with van der Waals surface area (Å²) in [6, 6.07) is 3.42. The van der Waals surface area contributed by atoms with Crippen LogP contribution in [-0.2, 0) is 10.9 Å². The Labute approximate surface area is 122 Å². The summed E-state index contributed by atoms with van der Waals surface area (Å²) in [6.45, 7) is 6.38. The summed E-state index contributed by atoms with van der Waals surface area (Å²) in [6.07, 6.45) is -5.69. The molecule has 2 rings (SSSR count). The third-order valence-electron chi connectivity index (χ3n) is 3.89. The van der Waals surface area contributed by atoms with Gasteiger partial charge in [0.05, 0.1) is 12.2 Å². The quantitative estimate of drug-likeness (QED) is 0.932. The molecule has 1 N–H and O–H groups in total. The van der Waals surface area contributed by atoms with Crippen molar-refractivity contribution in [1.82, 2.24) is 4.90 Å². The molecular formula is C15H20F3NO2. The molecule has 1 aliphatic rings. The van der Waals surface area contributed by atoms with Gasteiger partial charge in [-0.05, 0) is 36.7 Å². The van der Waals surface area contributed by atoms with Crippen molar-refractivity contribution in [1.29, 1.82) is 0 Å². The van der Waals surface area contributed by atoms with Crippen LogP contribution >= 0.6 is 0 Å². The van der Waals surface area contributed by atoms with Crippen molar-refractivity contribution in [3.05, 3.63) is 34.9 Å². The van der Waals surface area contributed by atoms with Crippen molar-refractivity contribution >= 4 is 0 Å². The summed E-state index contributed by atoms with van der Waals surface area (Å²) in [7, 11) is 0. The number of rotatable bonds is 3. The second-order valence-electron chi connectivity index (χ2n) is 5.32. The number of benzene rings is 1. The number of hydrogen-bond donors (Lipinski definition) is 1. The number of halogens is 3. The highest BCUT2D eigenvalue weighted by molar-refractivity contribution is 5.34. The Balaban J connectivity index is 2.17. The van der Waals surface area contributed by atoms with Crippen LogP contribution in [0.4, 0.5) is 13.2 Å². The SMILES string of the molecule is CCN1CCOC(C(O)c2ccc(C(F)(F)F)cc2C)C1. The number of ether oxygens (including phenoxy) is 1. The Morgan fingerprint density at radius 3 is 2.71 bits per heavy atom.